The van der Waals surface area contributed by atoms with Crippen molar-refractivity contribution in [2.24, 2.45) is 0 Å². The predicted molar refractivity (Wildman–Crippen MR) is 124 cm³/mol. The Morgan fingerprint density at radius 1 is 0.811 bits per heavy atom. The number of hydrogen-bond donors (Lipinski definition) is 2. The van der Waals surface area contributed by atoms with Gasteiger partial charge in [0, 0.05) is 27.7 Å². The summed E-state index contributed by atoms with van der Waals surface area (Å²) in [6.45, 7) is 9.10. The molecule has 0 aromatic rings. The molecular weight excluding hydrogens is 498 g/mol. The van der Waals surface area contributed by atoms with Gasteiger partial charge in [0.15, 0.2) is 18.5 Å². The Bertz CT molecular complexity index is 759. The second-order valence-electron chi connectivity index (χ2n) is 7.93. The zero-order valence-corrected chi connectivity index (χ0v) is 21.6. The summed E-state index contributed by atoms with van der Waals surface area (Å²) >= 11 is 0. The maximum absolute atomic E-state index is 11.9. The maximum atomic E-state index is 11.9. The zero-order valence-electron chi connectivity index (χ0n) is 21.6. The second-order valence-corrected chi connectivity index (χ2v) is 7.93. The molecule has 0 unspecified atom stereocenters. The van der Waals surface area contributed by atoms with Crippen molar-refractivity contribution in [2.45, 2.75) is 58.3 Å². The van der Waals surface area contributed by atoms with Crippen molar-refractivity contribution in [3.8, 4) is 0 Å². The Hall–Kier alpha value is -2.78. The van der Waals surface area contributed by atoms with Crippen molar-refractivity contribution in [1.29, 1.82) is 0 Å². The summed E-state index contributed by atoms with van der Waals surface area (Å²) in [6.07, 6.45) is -4.58. The Kier molecular flexibility index (Phi) is 15.4. The van der Waals surface area contributed by atoms with Crippen molar-refractivity contribution in [3.63, 3.8) is 0 Å². The van der Waals surface area contributed by atoms with E-state index >= 15 is 0 Å². The fourth-order valence-corrected chi connectivity index (χ4v) is 3.29. The van der Waals surface area contributed by atoms with Gasteiger partial charge in [-0.1, -0.05) is 6.58 Å². The molecule has 0 saturated carbocycles. The standard InChI is InChI=1S/C23H37NO13/c1-14(25)12-32-9-8-30-6-7-31-10-11-33-23-20(24-15(2)26)22(36-18(5)29)21(35-17(4)28)19(37-23)13-34-16(3)27/h19-23,25H,1,6-13H2,2-5H3,(H,24,26)/t19-,20-,21+,22-,23-/m1/s1. The number of rotatable bonds is 17. The molecule has 212 valence electrons. The van der Waals surface area contributed by atoms with Crippen LogP contribution >= 0.6 is 0 Å². The number of carbonyl (C=O) groups excluding carboxylic acids is 4. The molecule has 37 heavy (non-hydrogen) atoms. The number of ether oxygens (including phenoxy) is 8. The molecule has 1 rings (SSSR count). The third-order valence-corrected chi connectivity index (χ3v) is 4.59. The molecule has 0 bridgehead atoms. The van der Waals surface area contributed by atoms with Crippen molar-refractivity contribution < 1.29 is 62.2 Å². The van der Waals surface area contributed by atoms with Crippen LogP contribution in [0.5, 0.6) is 0 Å². The molecule has 0 aromatic carbocycles. The van der Waals surface area contributed by atoms with Gasteiger partial charge in [0.05, 0.1) is 39.6 Å². The van der Waals surface area contributed by atoms with Crippen molar-refractivity contribution >= 4 is 23.8 Å². The fourth-order valence-electron chi connectivity index (χ4n) is 3.29. The SMILES string of the molecule is C=C(O)COCCOCCOCCO[C@@H]1O[C@H](COC(C)=O)[C@H](OC(C)=O)[C@H](OC(C)=O)[C@H]1NC(C)=O. The summed E-state index contributed by atoms with van der Waals surface area (Å²) in [4.78, 5) is 46.8. The topological polar surface area (TPSA) is 174 Å². The van der Waals surface area contributed by atoms with Gasteiger partial charge in [0.1, 0.15) is 31.1 Å². The van der Waals surface area contributed by atoms with E-state index in [0.717, 1.165) is 13.8 Å². The third-order valence-electron chi connectivity index (χ3n) is 4.59. The van der Waals surface area contributed by atoms with Crippen LogP contribution in [0.1, 0.15) is 27.7 Å². The predicted octanol–water partition coefficient (Wildman–Crippen LogP) is -0.219. The summed E-state index contributed by atoms with van der Waals surface area (Å²) in [7, 11) is 0. The van der Waals surface area contributed by atoms with Crippen molar-refractivity contribution in [3.05, 3.63) is 12.3 Å². The molecular formula is C23H37NO13. The van der Waals surface area contributed by atoms with Crippen LogP contribution in [-0.2, 0) is 57.1 Å². The van der Waals surface area contributed by atoms with E-state index in [1.807, 2.05) is 0 Å². The molecule has 5 atom stereocenters. The van der Waals surface area contributed by atoms with Crippen LogP contribution in [0.15, 0.2) is 12.3 Å². The average molecular weight is 536 g/mol. The normalized spacial score (nSPS) is 23.1. The largest absolute Gasteiger partial charge is 0.510 e. The number of amides is 1. The van der Waals surface area contributed by atoms with E-state index in [2.05, 4.69) is 11.9 Å². The van der Waals surface area contributed by atoms with Gasteiger partial charge >= 0.3 is 17.9 Å². The van der Waals surface area contributed by atoms with Crippen LogP contribution in [0.3, 0.4) is 0 Å². The van der Waals surface area contributed by atoms with Crippen LogP contribution in [0.25, 0.3) is 0 Å². The highest BCUT2D eigenvalue weighted by molar-refractivity contribution is 5.73. The molecule has 1 saturated heterocycles. The van der Waals surface area contributed by atoms with E-state index in [9.17, 15) is 19.2 Å². The first-order valence-corrected chi connectivity index (χ1v) is 11.6. The van der Waals surface area contributed by atoms with Crippen molar-refractivity contribution in [2.75, 3.05) is 52.9 Å². The average Bonchev–Trinajstić information content (AvgIpc) is 2.78. The lowest BCUT2D eigenvalue weighted by atomic mass is 9.96. The fraction of sp³-hybridized carbons (Fsp3) is 0.739. The molecule has 1 heterocycles. The minimum atomic E-state index is -1.19. The quantitative estimate of drug-likeness (QED) is 0.108. The smallest absolute Gasteiger partial charge is 0.303 e. The van der Waals surface area contributed by atoms with Gasteiger partial charge in [-0.3, -0.25) is 19.2 Å². The summed E-state index contributed by atoms with van der Waals surface area (Å²) in [6, 6.07) is -1.04. The highest BCUT2D eigenvalue weighted by Gasteiger charge is 2.51. The van der Waals surface area contributed by atoms with E-state index in [4.69, 9.17) is 43.0 Å². The van der Waals surface area contributed by atoms with E-state index < -0.39 is 54.5 Å². The number of aliphatic hydroxyl groups is 1. The monoisotopic (exact) mass is 535 g/mol. The molecule has 2 N–H and O–H groups in total. The van der Waals surface area contributed by atoms with E-state index in [1.54, 1.807) is 0 Å². The van der Waals surface area contributed by atoms with E-state index in [0.29, 0.717) is 19.8 Å². The third kappa shape index (κ3) is 13.9. The van der Waals surface area contributed by atoms with E-state index in [-0.39, 0.29) is 38.8 Å². The molecule has 0 radical (unpaired) electrons. The lowest BCUT2D eigenvalue weighted by Gasteiger charge is -2.44. The molecule has 1 aliphatic rings. The number of nitrogens with one attached hydrogen (secondary N) is 1. The highest BCUT2D eigenvalue weighted by Crippen LogP contribution is 2.28. The van der Waals surface area contributed by atoms with Crippen LogP contribution < -0.4 is 5.32 Å². The minimum Gasteiger partial charge on any atom is -0.510 e. The van der Waals surface area contributed by atoms with Gasteiger partial charge in [0.2, 0.25) is 5.91 Å². The molecule has 0 aliphatic carbocycles. The lowest BCUT2D eigenvalue weighted by molar-refractivity contribution is -0.279. The maximum Gasteiger partial charge on any atom is 0.303 e. The molecule has 1 fully saturated rings. The van der Waals surface area contributed by atoms with Gasteiger partial charge in [0.25, 0.3) is 0 Å². The van der Waals surface area contributed by atoms with Gasteiger partial charge in [-0.25, -0.2) is 0 Å². The highest BCUT2D eigenvalue weighted by atomic mass is 16.7. The van der Waals surface area contributed by atoms with Gasteiger partial charge in [-0.2, -0.15) is 0 Å². The molecule has 0 aromatic heterocycles. The molecule has 14 nitrogen and oxygen atoms in total. The lowest BCUT2D eigenvalue weighted by Crippen LogP contribution is -2.66. The summed E-state index contributed by atoms with van der Waals surface area (Å²) < 4.78 is 43.2. The van der Waals surface area contributed by atoms with Crippen LogP contribution in [0.4, 0.5) is 0 Å². The summed E-state index contributed by atoms with van der Waals surface area (Å²) in [5, 5.41) is 11.5. The number of aliphatic hydroxyl groups excluding tert-OH is 1. The zero-order chi connectivity index (χ0) is 27.8. The molecule has 1 amide bonds. The number of esters is 3. The van der Waals surface area contributed by atoms with Crippen LogP contribution in [-0.4, -0.2) is 112 Å². The Labute approximate surface area is 215 Å². The summed E-state index contributed by atoms with van der Waals surface area (Å²) in [5.41, 5.74) is 0. The Morgan fingerprint density at radius 2 is 1.35 bits per heavy atom. The van der Waals surface area contributed by atoms with Crippen molar-refractivity contribution in [1.82, 2.24) is 5.32 Å². The number of carbonyl (C=O) groups is 4. The molecule has 0 spiro atoms. The van der Waals surface area contributed by atoms with Gasteiger partial charge in [-0.15, -0.1) is 0 Å². The second kappa shape index (κ2) is 17.6. The number of hydrogen-bond acceptors (Lipinski definition) is 13. The van der Waals surface area contributed by atoms with Crippen LogP contribution in [0.2, 0.25) is 0 Å². The first kappa shape index (κ1) is 32.2. The first-order chi connectivity index (χ1) is 17.5. The Morgan fingerprint density at radius 3 is 1.86 bits per heavy atom. The summed E-state index contributed by atoms with van der Waals surface area (Å²) in [5.74, 6) is -2.53. The van der Waals surface area contributed by atoms with Gasteiger partial charge < -0.3 is 48.3 Å². The molecule has 14 heteroatoms. The first-order valence-electron chi connectivity index (χ1n) is 11.6. The van der Waals surface area contributed by atoms with Gasteiger partial charge in [-0.05, 0) is 0 Å². The minimum absolute atomic E-state index is 0.0216. The molecule has 1 aliphatic heterocycles. The van der Waals surface area contributed by atoms with E-state index in [1.165, 1.54) is 13.8 Å². The van der Waals surface area contributed by atoms with Crippen LogP contribution in [0, 0.1) is 0 Å². The Balaban J connectivity index is 2.73.